The lowest BCUT2D eigenvalue weighted by molar-refractivity contribution is -0.0498. The van der Waals surface area contributed by atoms with Gasteiger partial charge in [-0.3, -0.25) is 0 Å². The van der Waals surface area contributed by atoms with Gasteiger partial charge in [0.25, 0.3) is 0 Å². The molecule has 0 fully saturated rings. The Hall–Kier alpha value is -3.40. The number of methoxy groups -OCH3 is 1. The summed E-state index contributed by atoms with van der Waals surface area (Å²) in [7, 11) is 1.31. The lowest BCUT2D eigenvalue weighted by Crippen LogP contribution is -2.02. The fourth-order valence-corrected chi connectivity index (χ4v) is 2.50. The Morgan fingerprint density at radius 2 is 1.89 bits per heavy atom. The molecule has 28 heavy (non-hydrogen) atoms. The number of alkyl halides is 2. The first-order chi connectivity index (χ1) is 13.5. The van der Waals surface area contributed by atoms with Crippen LogP contribution in [0.1, 0.15) is 15.9 Å². The maximum atomic E-state index is 12.3. The molecule has 0 aliphatic rings. The standard InChI is InChI=1S/C18H14F2N4O3S/c1-26-16(25)13-4-2-11(3-5-13)10-21-24-15(22-23-18(24)28)12-6-8-14(9-7-12)27-17(19)20/h2-10,17H,1H3,(H,23,28). The molecule has 7 nitrogen and oxygen atoms in total. The quantitative estimate of drug-likeness (QED) is 0.383. The van der Waals surface area contributed by atoms with Gasteiger partial charge in [0.2, 0.25) is 4.77 Å². The third kappa shape index (κ3) is 4.46. The van der Waals surface area contributed by atoms with Gasteiger partial charge in [-0.2, -0.15) is 23.7 Å². The van der Waals surface area contributed by atoms with Crippen molar-refractivity contribution in [2.24, 2.45) is 5.10 Å². The number of aromatic nitrogens is 3. The predicted molar refractivity (Wildman–Crippen MR) is 100 cm³/mol. The van der Waals surface area contributed by atoms with Gasteiger partial charge in [0.15, 0.2) is 5.82 Å². The van der Waals surface area contributed by atoms with Gasteiger partial charge in [-0.15, -0.1) is 0 Å². The topological polar surface area (TPSA) is 81.5 Å². The number of halogens is 2. The summed E-state index contributed by atoms with van der Waals surface area (Å²) >= 11 is 5.19. The number of hydrogen-bond acceptors (Lipinski definition) is 6. The SMILES string of the molecule is COC(=O)c1ccc(C=Nn2c(-c3ccc(OC(F)F)cc3)n[nH]c2=S)cc1. The number of H-pyrrole nitrogens is 1. The molecule has 0 atom stereocenters. The smallest absolute Gasteiger partial charge is 0.387 e. The third-order valence-electron chi connectivity index (χ3n) is 3.64. The molecule has 2 aromatic carbocycles. The van der Waals surface area contributed by atoms with Gasteiger partial charge < -0.3 is 9.47 Å². The maximum Gasteiger partial charge on any atom is 0.387 e. The predicted octanol–water partition coefficient (Wildman–Crippen LogP) is 3.88. The van der Waals surface area contributed by atoms with Crippen LogP contribution in [0.5, 0.6) is 5.75 Å². The molecule has 0 aliphatic carbocycles. The summed E-state index contributed by atoms with van der Waals surface area (Å²) in [5.41, 5.74) is 1.75. The summed E-state index contributed by atoms with van der Waals surface area (Å²) in [5, 5.41) is 11.1. The van der Waals surface area contributed by atoms with Gasteiger partial charge in [0.1, 0.15) is 5.75 Å². The zero-order valence-electron chi connectivity index (χ0n) is 14.5. The van der Waals surface area contributed by atoms with E-state index in [0.717, 1.165) is 5.56 Å². The van der Waals surface area contributed by atoms with Crippen LogP contribution in [0, 0.1) is 4.77 Å². The number of ether oxygens (including phenoxy) is 2. The van der Waals surface area contributed by atoms with Crippen LogP contribution < -0.4 is 4.74 Å². The second kappa shape index (κ2) is 8.53. The molecule has 144 valence electrons. The molecule has 0 bridgehead atoms. The lowest BCUT2D eigenvalue weighted by atomic mass is 10.1. The maximum absolute atomic E-state index is 12.3. The summed E-state index contributed by atoms with van der Waals surface area (Å²) in [5.74, 6) is 0.00625. The first-order valence-corrected chi connectivity index (χ1v) is 8.34. The molecule has 3 aromatic rings. The lowest BCUT2D eigenvalue weighted by Gasteiger charge is -2.05. The molecule has 3 rings (SSSR count). The molecule has 1 N–H and O–H groups in total. The molecule has 0 saturated carbocycles. The number of hydrogen-bond donors (Lipinski definition) is 1. The van der Waals surface area contributed by atoms with Crippen molar-refractivity contribution >= 4 is 24.4 Å². The van der Waals surface area contributed by atoms with Crippen molar-refractivity contribution < 1.29 is 23.0 Å². The van der Waals surface area contributed by atoms with Gasteiger partial charge >= 0.3 is 12.6 Å². The molecule has 0 unspecified atom stereocenters. The van der Waals surface area contributed by atoms with Crippen molar-refractivity contribution in [3.8, 4) is 17.1 Å². The first-order valence-electron chi connectivity index (χ1n) is 7.93. The number of benzene rings is 2. The Morgan fingerprint density at radius 3 is 2.50 bits per heavy atom. The average molecular weight is 404 g/mol. The van der Waals surface area contributed by atoms with Crippen molar-refractivity contribution in [3.05, 3.63) is 64.4 Å². The van der Waals surface area contributed by atoms with Crippen LogP contribution in [-0.2, 0) is 4.74 Å². The van der Waals surface area contributed by atoms with Crippen LogP contribution >= 0.6 is 12.2 Å². The van der Waals surface area contributed by atoms with E-state index in [0.29, 0.717) is 17.0 Å². The van der Waals surface area contributed by atoms with Crippen LogP contribution in [0.15, 0.2) is 53.6 Å². The van der Waals surface area contributed by atoms with Gasteiger partial charge in [-0.05, 0) is 54.2 Å². The Morgan fingerprint density at radius 1 is 1.21 bits per heavy atom. The van der Waals surface area contributed by atoms with Gasteiger partial charge in [0.05, 0.1) is 18.9 Å². The van der Waals surface area contributed by atoms with Crippen molar-refractivity contribution in [2.45, 2.75) is 6.61 Å². The van der Waals surface area contributed by atoms with E-state index in [1.807, 2.05) is 0 Å². The van der Waals surface area contributed by atoms with E-state index in [-0.39, 0.29) is 10.5 Å². The highest BCUT2D eigenvalue weighted by molar-refractivity contribution is 7.71. The fourth-order valence-electron chi connectivity index (χ4n) is 2.32. The minimum Gasteiger partial charge on any atom is -0.465 e. The Kier molecular flexibility index (Phi) is 5.90. The van der Waals surface area contributed by atoms with Gasteiger partial charge in [0, 0.05) is 5.56 Å². The largest absolute Gasteiger partial charge is 0.465 e. The molecule has 1 aromatic heterocycles. The van der Waals surface area contributed by atoms with Crippen LogP contribution in [0.4, 0.5) is 8.78 Å². The first kappa shape index (κ1) is 19.4. The number of carbonyl (C=O) groups is 1. The zero-order chi connectivity index (χ0) is 20.1. The molecule has 0 aliphatic heterocycles. The summed E-state index contributed by atoms with van der Waals surface area (Å²) in [4.78, 5) is 11.5. The van der Waals surface area contributed by atoms with E-state index in [2.05, 4.69) is 24.8 Å². The highest BCUT2D eigenvalue weighted by Gasteiger charge is 2.10. The van der Waals surface area contributed by atoms with Gasteiger partial charge in [-0.25, -0.2) is 9.89 Å². The Bertz CT molecular complexity index is 1040. The number of aromatic amines is 1. The molecule has 0 amide bonds. The fraction of sp³-hybridized carbons (Fsp3) is 0.111. The van der Waals surface area contributed by atoms with Crippen molar-refractivity contribution in [3.63, 3.8) is 0 Å². The number of carbonyl (C=O) groups excluding carboxylic acids is 1. The van der Waals surface area contributed by atoms with E-state index in [1.54, 1.807) is 42.6 Å². The molecule has 0 spiro atoms. The van der Waals surface area contributed by atoms with Crippen LogP contribution in [0.2, 0.25) is 0 Å². The van der Waals surface area contributed by atoms with Crippen molar-refractivity contribution in [1.29, 1.82) is 0 Å². The molecule has 1 heterocycles. The second-order valence-electron chi connectivity index (χ2n) is 5.43. The van der Waals surface area contributed by atoms with E-state index in [1.165, 1.54) is 23.9 Å². The number of nitrogens with one attached hydrogen (secondary N) is 1. The number of nitrogens with zero attached hydrogens (tertiary/aromatic N) is 3. The van der Waals surface area contributed by atoms with Crippen LogP contribution in [0.3, 0.4) is 0 Å². The highest BCUT2D eigenvalue weighted by Crippen LogP contribution is 2.22. The van der Waals surface area contributed by atoms with Crippen LogP contribution in [0.25, 0.3) is 11.4 Å². The average Bonchev–Trinajstić information content (AvgIpc) is 3.06. The second-order valence-corrected chi connectivity index (χ2v) is 5.81. The number of rotatable bonds is 6. The van der Waals surface area contributed by atoms with Crippen LogP contribution in [-0.4, -0.2) is 40.8 Å². The monoisotopic (exact) mass is 404 g/mol. The van der Waals surface area contributed by atoms with E-state index < -0.39 is 12.6 Å². The van der Waals surface area contributed by atoms with Crippen molar-refractivity contribution in [1.82, 2.24) is 14.9 Å². The number of esters is 1. The Labute approximate surface area is 163 Å². The summed E-state index contributed by atoms with van der Waals surface area (Å²) in [6.45, 7) is -2.89. The molecule has 0 saturated heterocycles. The van der Waals surface area contributed by atoms with E-state index >= 15 is 0 Å². The summed E-state index contributed by atoms with van der Waals surface area (Å²) in [6.07, 6.45) is 1.55. The van der Waals surface area contributed by atoms with E-state index in [9.17, 15) is 13.6 Å². The normalized spacial score (nSPS) is 11.1. The molecule has 0 radical (unpaired) electrons. The van der Waals surface area contributed by atoms with Gasteiger partial charge in [-0.1, -0.05) is 12.1 Å². The summed E-state index contributed by atoms with van der Waals surface area (Å²) in [6, 6.07) is 12.6. The minimum absolute atomic E-state index is 0.0358. The van der Waals surface area contributed by atoms with Crippen molar-refractivity contribution in [2.75, 3.05) is 7.11 Å². The Balaban J connectivity index is 1.84. The molecular formula is C18H14F2N4O3S. The summed E-state index contributed by atoms with van der Waals surface area (Å²) < 4.78 is 35.2. The van der Waals surface area contributed by atoms with E-state index in [4.69, 9.17) is 12.2 Å². The molecule has 10 heteroatoms. The molecular weight excluding hydrogens is 390 g/mol. The zero-order valence-corrected chi connectivity index (χ0v) is 15.3. The third-order valence-corrected chi connectivity index (χ3v) is 3.91. The minimum atomic E-state index is -2.89. The highest BCUT2D eigenvalue weighted by atomic mass is 32.1.